The predicted octanol–water partition coefficient (Wildman–Crippen LogP) is 23.6. The lowest BCUT2D eigenvalue weighted by Crippen LogP contribution is -2.60. The maximum absolute atomic E-state index is 13.2. The average Bonchev–Trinajstić information content (AvgIpc) is 1.28. The number of rotatable bonds is 75. The van der Waals surface area contributed by atoms with Crippen LogP contribution in [0.5, 0.6) is 0 Å². The number of hydrogen-bond donors (Lipinski definition) is 6. The summed E-state index contributed by atoms with van der Waals surface area (Å²) < 4.78 is 11.4. The number of ether oxygens (including phenoxy) is 2. The molecule has 538 valence electrons. The van der Waals surface area contributed by atoms with Crippen LogP contribution in [0.4, 0.5) is 0 Å². The maximum Gasteiger partial charge on any atom is 0.220 e. The van der Waals surface area contributed by atoms with Crippen LogP contribution in [0.25, 0.3) is 0 Å². The normalized spacial score (nSPS) is 17.6. The van der Waals surface area contributed by atoms with Gasteiger partial charge in [0, 0.05) is 6.42 Å². The van der Waals surface area contributed by atoms with Gasteiger partial charge in [-0.15, -0.1) is 0 Å². The first kappa shape index (κ1) is 87.2. The van der Waals surface area contributed by atoms with E-state index in [0.717, 1.165) is 38.5 Å². The van der Waals surface area contributed by atoms with E-state index >= 15 is 0 Å². The molecule has 9 nitrogen and oxygen atoms in total. The molecule has 1 aliphatic rings. The molecule has 0 aromatic heterocycles. The fourth-order valence-electron chi connectivity index (χ4n) is 14.1. The molecule has 0 aromatic carbocycles. The number of carbonyl (C=O) groups excluding carboxylic acids is 1. The van der Waals surface area contributed by atoms with E-state index in [9.17, 15) is 30.3 Å². The van der Waals surface area contributed by atoms with Gasteiger partial charge in [-0.05, 0) is 12.8 Å². The Morgan fingerprint density at radius 3 is 0.789 bits per heavy atom. The highest BCUT2D eigenvalue weighted by Gasteiger charge is 2.44. The summed E-state index contributed by atoms with van der Waals surface area (Å²) >= 11 is 0. The van der Waals surface area contributed by atoms with Gasteiger partial charge in [-0.3, -0.25) is 4.79 Å². The minimum Gasteiger partial charge on any atom is -0.394 e. The maximum atomic E-state index is 13.2. The molecule has 1 amide bonds. The summed E-state index contributed by atoms with van der Waals surface area (Å²) in [6.45, 7) is 3.92. The van der Waals surface area contributed by atoms with Crippen molar-refractivity contribution in [1.29, 1.82) is 0 Å². The smallest absolute Gasteiger partial charge is 0.220 e. The Morgan fingerprint density at radius 2 is 0.556 bits per heavy atom. The van der Waals surface area contributed by atoms with Crippen LogP contribution in [-0.4, -0.2) is 87.5 Å². The topological polar surface area (TPSA) is 149 Å². The highest BCUT2D eigenvalue weighted by Crippen LogP contribution is 2.25. The number of aliphatic hydroxyl groups excluding tert-OH is 5. The van der Waals surface area contributed by atoms with E-state index in [0.29, 0.717) is 12.8 Å². The van der Waals surface area contributed by atoms with Crippen molar-refractivity contribution in [2.45, 2.75) is 500 Å². The summed E-state index contributed by atoms with van der Waals surface area (Å²) in [6, 6.07) is -0.716. The first-order chi connectivity index (χ1) is 44.3. The van der Waals surface area contributed by atoms with Gasteiger partial charge in [0.25, 0.3) is 0 Å². The molecule has 0 radical (unpaired) electrons. The molecule has 1 aliphatic heterocycles. The van der Waals surface area contributed by atoms with Gasteiger partial charge >= 0.3 is 0 Å². The third-order valence-electron chi connectivity index (χ3n) is 20.5. The molecular weight excluding hydrogens is 1110 g/mol. The van der Waals surface area contributed by atoms with Gasteiger partial charge < -0.3 is 40.3 Å². The van der Waals surface area contributed by atoms with Crippen LogP contribution < -0.4 is 5.32 Å². The lowest BCUT2D eigenvalue weighted by atomic mass is 9.99. The second kappa shape index (κ2) is 71.0. The van der Waals surface area contributed by atoms with Gasteiger partial charge in [-0.25, -0.2) is 0 Å². The zero-order valence-electron chi connectivity index (χ0n) is 60.7. The molecule has 1 fully saturated rings. The first-order valence-electron chi connectivity index (χ1n) is 41.2. The molecule has 90 heavy (non-hydrogen) atoms. The Labute approximate surface area is 561 Å². The van der Waals surface area contributed by atoms with E-state index < -0.39 is 49.5 Å². The van der Waals surface area contributed by atoms with Crippen molar-refractivity contribution in [3.05, 3.63) is 0 Å². The number of hydrogen-bond acceptors (Lipinski definition) is 8. The van der Waals surface area contributed by atoms with Crippen molar-refractivity contribution in [3.63, 3.8) is 0 Å². The molecule has 1 heterocycles. The fourth-order valence-corrected chi connectivity index (χ4v) is 14.1. The molecule has 0 bridgehead atoms. The Morgan fingerprint density at radius 1 is 0.333 bits per heavy atom. The van der Waals surface area contributed by atoms with Crippen molar-refractivity contribution in [1.82, 2.24) is 5.32 Å². The molecule has 1 saturated heterocycles. The minimum atomic E-state index is -1.55. The lowest BCUT2D eigenvalue weighted by Gasteiger charge is -2.40. The minimum absolute atomic E-state index is 0.130. The molecular formula is C81H161NO8. The van der Waals surface area contributed by atoms with Crippen molar-refractivity contribution in [2.24, 2.45) is 0 Å². The molecule has 7 atom stereocenters. The Bertz CT molecular complexity index is 1390. The van der Waals surface area contributed by atoms with E-state index in [1.807, 2.05) is 0 Å². The van der Waals surface area contributed by atoms with Gasteiger partial charge in [-0.2, -0.15) is 0 Å². The zero-order valence-corrected chi connectivity index (χ0v) is 60.7. The van der Waals surface area contributed by atoms with Crippen LogP contribution >= 0.6 is 0 Å². The SMILES string of the molecule is CCCCCCCCCCCCCCCCCCCCCCCCCCCCCCCCCCCCCC(=O)NC(COC1OC(CO)C(O)C(O)C1O)C(O)CCCCCCCCCCCCCCCCCCCCCCCCCCCCCCCCCC. The van der Waals surface area contributed by atoms with Crippen LogP contribution in [0.1, 0.15) is 457 Å². The molecule has 0 saturated carbocycles. The summed E-state index contributed by atoms with van der Waals surface area (Å²) in [6.07, 6.45) is 85.2. The predicted molar refractivity (Wildman–Crippen MR) is 388 cm³/mol. The molecule has 0 aromatic rings. The Kier molecular flexibility index (Phi) is 68.8. The van der Waals surface area contributed by atoms with E-state index in [2.05, 4.69) is 19.2 Å². The van der Waals surface area contributed by atoms with E-state index in [-0.39, 0.29) is 12.5 Å². The second-order valence-electron chi connectivity index (χ2n) is 29.3. The second-order valence-corrected chi connectivity index (χ2v) is 29.3. The van der Waals surface area contributed by atoms with Crippen molar-refractivity contribution in [2.75, 3.05) is 13.2 Å². The zero-order chi connectivity index (χ0) is 64.9. The van der Waals surface area contributed by atoms with Crippen molar-refractivity contribution < 1.29 is 39.8 Å². The van der Waals surface area contributed by atoms with Crippen molar-refractivity contribution in [3.8, 4) is 0 Å². The van der Waals surface area contributed by atoms with Crippen molar-refractivity contribution >= 4 is 5.91 Å². The fraction of sp³-hybridized carbons (Fsp3) is 0.988. The van der Waals surface area contributed by atoms with E-state index in [1.54, 1.807) is 0 Å². The standard InChI is InChI=1S/C81H161NO8/c1-3-5-7-9-11-13-15-17-19-21-23-25-27-29-31-33-35-37-38-39-41-43-45-47-49-51-53-55-57-59-61-63-65-67-69-71-77(85)82-74(73-89-81-80(88)79(87)78(86)76(72-83)90-81)75(84)70-68-66-64-62-60-58-56-54-52-50-48-46-44-42-40-36-34-32-30-28-26-24-22-20-18-16-14-12-10-8-6-4-2/h74-76,78-81,83-84,86-88H,3-73H2,1-2H3,(H,82,85). The average molecular weight is 1280 g/mol. The van der Waals surface area contributed by atoms with Crippen LogP contribution in [0.3, 0.4) is 0 Å². The summed E-state index contributed by atoms with van der Waals surface area (Å²) in [5.41, 5.74) is 0. The Hall–Kier alpha value is -0.810. The van der Waals surface area contributed by atoms with Gasteiger partial charge in [0.15, 0.2) is 6.29 Å². The monoisotopic (exact) mass is 1280 g/mol. The van der Waals surface area contributed by atoms with E-state index in [1.165, 1.54) is 392 Å². The largest absolute Gasteiger partial charge is 0.394 e. The third kappa shape index (κ3) is 58.5. The molecule has 1 rings (SSSR count). The number of unbranched alkanes of at least 4 members (excludes halogenated alkanes) is 65. The lowest BCUT2D eigenvalue weighted by molar-refractivity contribution is -0.302. The summed E-state index contributed by atoms with van der Waals surface area (Å²) in [5, 5.41) is 55.1. The summed E-state index contributed by atoms with van der Waals surface area (Å²) in [4.78, 5) is 13.2. The van der Waals surface area contributed by atoms with Gasteiger partial charge in [0.1, 0.15) is 24.4 Å². The number of aliphatic hydroxyl groups is 5. The Balaban J connectivity index is 2.02. The molecule has 0 spiro atoms. The number of amides is 1. The molecule has 6 N–H and O–H groups in total. The van der Waals surface area contributed by atoms with Gasteiger partial charge in [0.2, 0.25) is 5.91 Å². The quantitative estimate of drug-likeness (QED) is 0.0330. The highest BCUT2D eigenvalue weighted by atomic mass is 16.7. The van der Waals surface area contributed by atoms with Crippen LogP contribution in [0, 0.1) is 0 Å². The van der Waals surface area contributed by atoms with Crippen LogP contribution in [0.15, 0.2) is 0 Å². The third-order valence-corrected chi connectivity index (χ3v) is 20.5. The van der Waals surface area contributed by atoms with Gasteiger partial charge in [0.05, 0.1) is 25.4 Å². The first-order valence-corrected chi connectivity index (χ1v) is 41.2. The van der Waals surface area contributed by atoms with Crippen LogP contribution in [-0.2, 0) is 14.3 Å². The molecule has 0 aliphatic carbocycles. The molecule has 9 heteroatoms. The van der Waals surface area contributed by atoms with Gasteiger partial charge in [-0.1, -0.05) is 438 Å². The highest BCUT2D eigenvalue weighted by molar-refractivity contribution is 5.76. The molecule has 7 unspecified atom stereocenters. The number of nitrogens with one attached hydrogen (secondary N) is 1. The van der Waals surface area contributed by atoms with E-state index in [4.69, 9.17) is 9.47 Å². The van der Waals surface area contributed by atoms with Crippen LogP contribution in [0.2, 0.25) is 0 Å². The summed E-state index contributed by atoms with van der Waals surface area (Å²) in [7, 11) is 0. The number of carbonyl (C=O) groups is 1. The summed E-state index contributed by atoms with van der Waals surface area (Å²) in [5.74, 6) is -0.131.